The van der Waals surface area contributed by atoms with E-state index < -0.39 is 5.60 Å². The highest BCUT2D eigenvalue weighted by Crippen LogP contribution is 2.19. The number of hydrogen-bond donors (Lipinski definition) is 1. The summed E-state index contributed by atoms with van der Waals surface area (Å²) in [6.45, 7) is 12.7. The van der Waals surface area contributed by atoms with Gasteiger partial charge in [0.2, 0.25) is 0 Å². The zero-order chi connectivity index (χ0) is 15.5. The Kier molecular flexibility index (Phi) is 5.17. The molecule has 118 valence electrons. The second-order valence-electron chi connectivity index (χ2n) is 6.11. The Labute approximate surface area is 128 Å². The minimum Gasteiger partial charge on any atom is -0.389 e. The van der Waals surface area contributed by atoms with Crippen LogP contribution in [0.1, 0.15) is 38.2 Å². The molecule has 0 spiro atoms. The largest absolute Gasteiger partial charge is 0.389 e. The summed E-state index contributed by atoms with van der Waals surface area (Å²) >= 11 is 0. The molecular formula is C16H28N4O. The summed E-state index contributed by atoms with van der Waals surface area (Å²) < 4.78 is 0. The minimum atomic E-state index is -0.537. The Morgan fingerprint density at radius 3 is 2.24 bits per heavy atom. The van der Waals surface area contributed by atoms with Crippen molar-refractivity contribution in [1.29, 1.82) is 0 Å². The van der Waals surface area contributed by atoms with E-state index in [-0.39, 0.29) is 0 Å². The van der Waals surface area contributed by atoms with Gasteiger partial charge in [0, 0.05) is 44.5 Å². The molecule has 1 aromatic heterocycles. The molecule has 0 atom stereocenters. The summed E-state index contributed by atoms with van der Waals surface area (Å²) in [5.74, 6) is 1.86. The SMILES string of the molecule is CCC(O)(CC)CN1CCN(c2cc(C)nc(C)n2)CC1. The van der Waals surface area contributed by atoms with Crippen molar-refractivity contribution in [3.05, 3.63) is 17.6 Å². The van der Waals surface area contributed by atoms with Gasteiger partial charge in [0.05, 0.1) is 5.60 Å². The first kappa shape index (κ1) is 16.2. The van der Waals surface area contributed by atoms with Gasteiger partial charge in [0.15, 0.2) is 0 Å². The van der Waals surface area contributed by atoms with E-state index in [0.29, 0.717) is 0 Å². The standard InChI is InChI=1S/C16H28N4O/c1-5-16(21,6-2)12-19-7-9-20(10-8-19)15-11-13(3)17-14(4)18-15/h11,21H,5-10,12H2,1-4H3. The number of piperazine rings is 1. The normalized spacial score (nSPS) is 17.3. The third-order valence-corrected chi connectivity index (χ3v) is 4.48. The van der Waals surface area contributed by atoms with Gasteiger partial charge in [0.1, 0.15) is 11.6 Å². The molecule has 0 aliphatic carbocycles. The second kappa shape index (κ2) is 6.71. The maximum atomic E-state index is 10.5. The average molecular weight is 292 g/mol. The molecule has 0 unspecified atom stereocenters. The molecule has 1 aliphatic rings. The number of β-amino-alcohol motifs (C(OH)–C–C–N with tert-alkyl or cyclic N) is 1. The molecule has 2 heterocycles. The van der Waals surface area contributed by atoms with Gasteiger partial charge in [-0.2, -0.15) is 0 Å². The van der Waals surface area contributed by atoms with Gasteiger partial charge in [-0.05, 0) is 26.7 Å². The van der Waals surface area contributed by atoms with E-state index in [0.717, 1.165) is 62.9 Å². The molecule has 5 nitrogen and oxygen atoms in total. The Morgan fingerprint density at radius 2 is 1.71 bits per heavy atom. The molecule has 0 saturated carbocycles. The smallest absolute Gasteiger partial charge is 0.132 e. The van der Waals surface area contributed by atoms with Gasteiger partial charge in [-0.3, -0.25) is 4.90 Å². The fourth-order valence-electron chi connectivity index (χ4n) is 2.88. The van der Waals surface area contributed by atoms with Crippen molar-refractivity contribution in [3.63, 3.8) is 0 Å². The van der Waals surface area contributed by atoms with E-state index in [9.17, 15) is 5.11 Å². The van der Waals surface area contributed by atoms with Crippen molar-refractivity contribution in [3.8, 4) is 0 Å². The number of nitrogens with zero attached hydrogens (tertiary/aromatic N) is 4. The molecule has 0 aromatic carbocycles. The zero-order valence-electron chi connectivity index (χ0n) is 13.8. The van der Waals surface area contributed by atoms with Crippen LogP contribution in [-0.4, -0.2) is 58.3 Å². The molecule has 0 radical (unpaired) electrons. The van der Waals surface area contributed by atoms with Crippen molar-refractivity contribution >= 4 is 5.82 Å². The predicted molar refractivity (Wildman–Crippen MR) is 85.7 cm³/mol. The van der Waals surface area contributed by atoms with Gasteiger partial charge in [-0.25, -0.2) is 9.97 Å². The van der Waals surface area contributed by atoms with Crippen molar-refractivity contribution in [2.75, 3.05) is 37.6 Å². The number of rotatable bonds is 5. The third kappa shape index (κ3) is 4.14. The van der Waals surface area contributed by atoms with Crippen LogP contribution < -0.4 is 4.90 Å². The summed E-state index contributed by atoms with van der Waals surface area (Å²) in [4.78, 5) is 13.6. The highest BCUT2D eigenvalue weighted by atomic mass is 16.3. The highest BCUT2D eigenvalue weighted by Gasteiger charge is 2.28. The lowest BCUT2D eigenvalue weighted by Gasteiger charge is -2.39. The summed E-state index contributed by atoms with van der Waals surface area (Å²) in [5, 5.41) is 10.5. The van der Waals surface area contributed by atoms with Gasteiger partial charge >= 0.3 is 0 Å². The maximum Gasteiger partial charge on any atom is 0.132 e. The molecule has 5 heteroatoms. The van der Waals surface area contributed by atoms with E-state index >= 15 is 0 Å². The Hall–Kier alpha value is -1.20. The second-order valence-corrected chi connectivity index (χ2v) is 6.11. The highest BCUT2D eigenvalue weighted by molar-refractivity contribution is 5.40. The van der Waals surface area contributed by atoms with E-state index in [1.54, 1.807) is 0 Å². The van der Waals surface area contributed by atoms with Gasteiger partial charge in [0.25, 0.3) is 0 Å². The number of aliphatic hydroxyl groups is 1. The Balaban J connectivity index is 1.94. The first-order chi connectivity index (χ1) is 9.95. The Morgan fingerprint density at radius 1 is 1.10 bits per heavy atom. The predicted octanol–water partition coefficient (Wildman–Crippen LogP) is 1.77. The van der Waals surface area contributed by atoms with Crippen molar-refractivity contribution in [2.24, 2.45) is 0 Å². The molecule has 0 bridgehead atoms. The lowest BCUT2D eigenvalue weighted by Crippen LogP contribution is -2.52. The Bertz CT molecular complexity index is 445. The van der Waals surface area contributed by atoms with Crippen LogP contribution in [-0.2, 0) is 0 Å². The van der Waals surface area contributed by atoms with E-state index in [1.807, 2.05) is 13.8 Å². The fourth-order valence-corrected chi connectivity index (χ4v) is 2.88. The topological polar surface area (TPSA) is 52.5 Å². The molecule has 21 heavy (non-hydrogen) atoms. The van der Waals surface area contributed by atoms with Crippen LogP contribution in [0.25, 0.3) is 0 Å². The first-order valence-electron chi connectivity index (χ1n) is 7.98. The monoisotopic (exact) mass is 292 g/mol. The van der Waals surface area contributed by atoms with Gasteiger partial charge in [-0.15, -0.1) is 0 Å². The summed E-state index contributed by atoms with van der Waals surface area (Å²) in [6.07, 6.45) is 1.63. The van der Waals surface area contributed by atoms with Crippen molar-refractivity contribution < 1.29 is 5.11 Å². The van der Waals surface area contributed by atoms with Crippen molar-refractivity contribution in [1.82, 2.24) is 14.9 Å². The molecule has 1 saturated heterocycles. The lowest BCUT2D eigenvalue weighted by atomic mass is 9.96. The molecule has 1 aromatic rings. The molecule has 2 rings (SSSR count). The quantitative estimate of drug-likeness (QED) is 0.896. The first-order valence-corrected chi connectivity index (χ1v) is 7.98. The molecule has 0 amide bonds. The number of aromatic nitrogens is 2. The van der Waals surface area contributed by atoms with Crippen LogP contribution in [0.4, 0.5) is 5.82 Å². The minimum absolute atomic E-state index is 0.537. The maximum absolute atomic E-state index is 10.5. The van der Waals surface area contributed by atoms with Crippen LogP contribution in [0.2, 0.25) is 0 Å². The lowest BCUT2D eigenvalue weighted by molar-refractivity contribution is -0.00458. The average Bonchev–Trinajstić information content (AvgIpc) is 2.47. The molecule has 1 fully saturated rings. The number of anilines is 1. The van der Waals surface area contributed by atoms with Gasteiger partial charge < -0.3 is 10.0 Å². The van der Waals surface area contributed by atoms with Crippen LogP contribution in [0.3, 0.4) is 0 Å². The van der Waals surface area contributed by atoms with Crippen LogP contribution in [0.5, 0.6) is 0 Å². The number of hydrogen-bond acceptors (Lipinski definition) is 5. The van der Waals surface area contributed by atoms with Crippen molar-refractivity contribution in [2.45, 2.75) is 46.1 Å². The van der Waals surface area contributed by atoms with E-state index in [2.05, 4.69) is 39.7 Å². The number of aryl methyl sites for hydroxylation is 2. The van der Waals surface area contributed by atoms with Crippen LogP contribution >= 0.6 is 0 Å². The molecule has 1 aliphatic heterocycles. The molecule has 1 N–H and O–H groups in total. The van der Waals surface area contributed by atoms with Gasteiger partial charge in [-0.1, -0.05) is 13.8 Å². The fraction of sp³-hybridized carbons (Fsp3) is 0.750. The summed E-state index contributed by atoms with van der Waals surface area (Å²) in [7, 11) is 0. The van der Waals surface area contributed by atoms with E-state index in [1.165, 1.54) is 0 Å². The van der Waals surface area contributed by atoms with Crippen LogP contribution in [0.15, 0.2) is 6.07 Å². The van der Waals surface area contributed by atoms with Crippen LogP contribution in [0, 0.1) is 13.8 Å². The molecular weight excluding hydrogens is 264 g/mol. The third-order valence-electron chi connectivity index (χ3n) is 4.48. The zero-order valence-corrected chi connectivity index (χ0v) is 13.8. The summed E-state index contributed by atoms with van der Waals surface area (Å²) in [5.41, 5.74) is 0.482. The van der Waals surface area contributed by atoms with E-state index in [4.69, 9.17) is 0 Å². The summed E-state index contributed by atoms with van der Waals surface area (Å²) in [6, 6.07) is 2.05.